The van der Waals surface area contributed by atoms with Crippen LogP contribution in [0.15, 0.2) is 46.8 Å². The van der Waals surface area contributed by atoms with Crippen molar-refractivity contribution >= 4 is 46.3 Å². The minimum absolute atomic E-state index is 0. The predicted octanol–water partition coefficient (Wildman–Crippen LogP) is 3.88. The lowest BCUT2D eigenvalue weighted by atomic mass is 10.1. The fraction of sp³-hybridized carbons (Fsp3) is 0.421. The average molecular weight is 488 g/mol. The van der Waals surface area contributed by atoms with E-state index in [-0.39, 0.29) is 29.8 Å². The van der Waals surface area contributed by atoms with E-state index >= 15 is 0 Å². The molecule has 1 aliphatic rings. The van der Waals surface area contributed by atoms with Crippen molar-refractivity contribution in [1.82, 2.24) is 10.6 Å². The molecule has 4 nitrogen and oxygen atoms in total. The maximum Gasteiger partial charge on any atom is 0.191 e. The van der Waals surface area contributed by atoms with Gasteiger partial charge in [-0.25, -0.2) is 4.39 Å². The van der Waals surface area contributed by atoms with Crippen molar-refractivity contribution in [1.29, 1.82) is 0 Å². The summed E-state index contributed by atoms with van der Waals surface area (Å²) in [5.41, 5.74) is 0.993. The van der Waals surface area contributed by atoms with Crippen LogP contribution in [0, 0.1) is 5.82 Å². The number of nitrogens with one attached hydrogen (secondary N) is 2. The molecule has 7 heteroatoms. The number of anilines is 1. The third-order valence-electron chi connectivity index (χ3n) is 4.47. The molecule has 1 saturated heterocycles. The van der Waals surface area contributed by atoms with Gasteiger partial charge in [-0.15, -0.1) is 35.3 Å². The number of aliphatic imine (C=N–C) groups is 1. The van der Waals surface area contributed by atoms with E-state index in [0.29, 0.717) is 6.04 Å². The van der Waals surface area contributed by atoms with Gasteiger partial charge in [0.25, 0.3) is 0 Å². The number of piperidine rings is 1. The first-order chi connectivity index (χ1) is 12.2. The van der Waals surface area contributed by atoms with Gasteiger partial charge in [0.15, 0.2) is 5.96 Å². The number of hydrogen-bond acceptors (Lipinski definition) is 3. The molecule has 2 N–H and O–H groups in total. The van der Waals surface area contributed by atoms with Gasteiger partial charge in [-0.05, 0) is 54.5 Å². The van der Waals surface area contributed by atoms with Crippen LogP contribution in [0.25, 0.3) is 0 Å². The highest BCUT2D eigenvalue weighted by atomic mass is 127. The molecular formula is C19H26FIN4S. The summed E-state index contributed by atoms with van der Waals surface area (Å²) < 4.78 is 13.2. The molecule has 0 unspecified atom stereocenters. The number of hydrogen-bond donors (Lipinski definition) is 2. The highest BCUT2D eigenvalue weighted by molar-refractivity contribution is 14.0. The Morgan fingerprint density at radius 3 is 2.73 bits per heavy atom. The summed E-state index contributed by atoms with van der Waals surface area (Å²) in [6, 6.07) is 11.5. The van der Waals surface area contributed by atoms with Crippen molar-refractivity contribution in [3.05, 3.63) is 53.2 Å². The molecule has 2 heterocycles. The summed E-state index contributed by atoms with van der Waals surface area (Å²) in [5, 5.41) is 10.3. The first-order valence-corrected chi connectivity index (χ1v) is 9.62. The van der Waals surface area contributed by atoms with E-state index in [1.807, 2.05) is 6.07 Å². The van der Waals surface area contributed by atoms with Gasteiger partial charge in [-0.1, -0.05) is 12.1 Å². The van der Waals surface area contributed by atoms with Gasteiger partial charge in [0.1, 0.15) is 5.82 Å². The number of halogens is 2. The zero-order chi connectivity index (χ0) is 17.5. The van der Waals surface area contributed by atoms with Crippen molar-refractivity contribution in [2.24, 2.45) is 4.99 Å². The molecule has 0 aliphatic carbocycles. The molecule has 1 aliphatic heterocycles. The zero-order valence-electron chi connectivity index (χ0n) is 15.0. The lowest BCUT2D eigenvalue weighted by Crippen LogP contribution is -2.49. The highest BCUT2D eigenvalue weighted by Crippen LogP contribution is 2.24. The second kappa shape index (κ2) is 10.7. The summed E-state index contributed by atoms with van der Waals surface area (Å²) in [6.07, 6.45) is 2.97. The van der Waals surface area contributed by atoms with Crippen molar-refractivity contribution < 1.29 is 4.39 Å². The molecule has 0 radical (unpaired) electrons. The Morgan fingerprint density at radius 1 is 1.27 bits per heavy atom. The molecule has 1 fully saturated rings. The molecule has 1 aromatic heterocycles. The van der Waals surface area contributed by atoms with E-state index in [2.05, 4.69) is 38.0 Å². The molecule has 0 bridgehead atoms. The predicted molar refractivity (Wildman–Crippen MR) is 120 cm³/mol. The van der Waals surface area contributed by atoms with Gasteiger partial charge in [-0.3, -0.25) is 4.99 Å². The van der Waals surface area contributed by atoms with Crippen LogP contribution >= 0.6 is 35.3 Å². The normalized spacial score (nSPS) is 15.5. The van der Waals surface area contributed by atoms with Crippen LogP contribution in [-0.4, -0.2) is 38.7 Å². The Kier molecular flexibility index (Phi) is 8.64. The molecule has 0 spiro atoms. The van der Waals surface area contributed by atoms with Gasteiger partial charge in [0.05, 0.1) is 5.00 Å². The van der Waals surface area contributed by atoms with Crippen molar-refractivity contribution in [2.45, 2.75) is 25.3 Å². The maximum atomic E-state index is 13.2. The first kappa shape index (κ1) is 21.0. The summed E-state index contributed by atoms with van der Waals surface area (Å²) in [7, 11) is 1.79. The standard InChI is InChI=1S/C19H25FN4S.HI/c1-21-19(22-10-7-15-4-2-5-16(20)14-15)23-17-8-11-24(12-9-17)18-6-3-13-25-18;/h2-6,13-14,17H,7-12H2,1H3,(H2,21,22,23);1H. The zero-order valence-corrected chi connectivity index (χ0v) is 18.1. The highest BCUT2D eigenvalue weighted by Gasteiger charge is 2.20. The van der Waals surface area contributed by atoms with E-state index in [1.54, 1.807) is 30.5 Å². The second-order valence-corrected chi connectivity index (χ2v) is 7.16. The Morgan fingerprint density at radius 2 is 2.08 bits per heavy atom. The quantitative estimate of drug-likeness (QED) is 0.381. The lowest BCUT2D eigenvalue weighted by molar-refractivity contribution is 0.463. The smallest absolute Gasteiger partial charge is 0.191 e. The summed E-state index contributed by atoms with van der Waals surface area (Å²) in [5.74, 6) is 0.642. The molecule has 3 rings (SSSR count). The fourth-order valence-electron chi connectivity index (χ4n) is 3.10. The summed E-state index contributed by atoms with van der Waals surface area (Å²) in [4.78, 5) is 6.76. The van der Waals surface area contributed by atoms with Crippen LogP contribution in [0.5, 0.6) is 0 Å². The van der Waals surface area contributed by atoms with E-state index in [1.165, 1.54) is 11.1 Å². The monoisotopic (exact) mass is 488 g/mol. The third kappa shape index (κ3) is 6.12. The maximum absolute atomic E-state index is 13.2. The number of rotatable bonds is 5. The van der Waals surface area contributed by atoms with Gasteiger partial charge in [0, 0.05) is 32.7 Å². The van der Waals surface area contributed by atoms with Gasteiger partial charge >= 0.3 is 0 Å². The second-order valence-electron chi connectivity index (χ2n) is 6.24. The van der Waals surface area contributed by atoms with Crippen LogP contribution < -0.4 is 15.5 Å². The van der Waals surface area contributed by atoms with Gasteiger partial charge < -0.3 is 15.5 Å². The molecule has 26 heavy (non-hydrogen) atoms. The summed E-state index contributed by atoms with van der Waals surface area (Å²) >= 11 is 1.80. The van der Waals surface area contributed by atoms with Crippen LogP contribution in [-0.2, 0) is 6.42 Å². The number of guanidine groups is 1. The molecular weight excluding hydrogens is 462 g/mol. The first-order valence-electron chi connectivity index (χ1n) is 8.74. The molecule has 142 valence electrons. The van der Waals surface area contributed by atoms with Crippen molar-refractivity contribution in [2.75, 3.05) is 31.6 Å². The van der Waals surface area contributed by atoms with E-state index < -0.39 is 0 Å². The van der Waals surface area contributed by atoms with Gasteiger partial charge in [-0.2, -0.15) is 0 Å². The Hall–Kier alpha value is -1.35. The topological polar surface area (TPSA) is 39.7 Å². The average Bonchev–Trinajstić information content (AvgIpc) is 3.16. The SMILES string of the molecule is CN=C(NCCc1cccc(F)c1)NC1CCN(c2cccs2)CC1.I. The van der Waals surface area contributed by atoms with Crippen molar-refractivity contribution in [3.8, 4) is 0 Å². The fourth-order valence-corrected chi connectivity index (χ4v) is 3.89. The van der Waals surface area contributed by atoms with E-state index in [4.69, 9.17) is 0 Å². The van der Waals surface area contributed by atoms with Crippen LogP contribution in [0.4, 0.5) is 9.39 Å². The lowest BCUT2D eigenvalue weighted by Gasteiger charge is -2.33. The van der Waals surface area contributed by atoms with Crippen molar-refractivity contribution in [3.63, 3.8) is 0 Å². The molecule has 1 aromatic carbocycles. The van der Waals surface area contributed by atoms with Crippen LogP contribution in [0.1, 0.15) is 18.4 Å². The number of benzene rings is 1. The van der Waals surface area contributed by atoms with Gasteiger partial charge in [0.2, 0.25) is 0 Å². The Balaban J connectivity index is 0.00000243. The number of nitrogens with zero attached hydrogens (tertiary/aromatic N) is 2. The Bertz CT molecular complexity index is 685. The molecule has 2 aromatic rings. The Labute approximate surface area is 175 Å². The molecule has 0 saturated carbocycles. The van der Waals surface area contributed by atoms with Crippen LogP contribution in [0.2, 0.25) is 0 Å². The number of thiophene rings is 1. The molecule has 0 amide bonds. The third-order valence-corrected chi connectivity index (χ3v) is 5.40. The molecule has 0 atom stereocenters. The van der Waals surface area contributed by atoms with E-state index in [9.17, 15) is 4.39 Å². The minimum Gasteiger partial charge on any atom is -0.363 e. The summed E-state index contributed by atoms with van der Waals surface area (Å²) in [6.45, 7) is 2.87. The minimum atomic E-state index is -0.183. The largest absolute Gasteiger partial charge is 0.363 e. The van der Waals surface area contributed by atoms with E-state index in [0.717, 1.165) is 50.4 Å². The van der Waals surface area contributed by atoms with Crippen LogP contribution in [0.3, 0.4) is 0 Å².